The van der Waals surface area contributed by atoms with Crippen LogP contribution < -0.4 is 10.6 Å². The second-order valence-corrected chi connectivity index (χ2v) is 10.5. The third kappa shape index (κ3) is 6.45. The maximum absolute atomic E-state index is 11.3. The van der Waals surface area contributed by atoms with E-state index in [-0.39, 0.29) is 18.1 Å². The van der Waals surface area contributed by atoms with E-state index in [2.05, 4.69) is 10.6 Å². The minimum Gasteiger partial charge on any atom is -0.392 e. The van der Waals surface area contributed by atoms with Crippen molar-refractivity contribution >= 4 is 61.0 Å². The molecule has 2 atom stereocenters. The van der Waals surface area contributed by atoms with Crippen LogP contribution in [0.25, 0.3) is 21.8 Å². The first-order valence-electron chi connectivity index (χ1n) is 11.7. The van der Waals surface area contributed by atoms with Crippen molar-refractivity contribution in [2.45, 2.75) is 25.9 Å². The lowest BCUT2D eigenvalue weighted by atomic mass is 10.0. The number of aromatic nitrogens is 1. The summed E-state index contributed by atoms with van der Waals surface area (Å²) in [5.74, 6) is 0.302. The average molecular weight is 528 g/mol. The molecule has 36 heavy (non-hydrogen) atoms. The van der Waals surface area contributed by atoms with E-state index in [0.29, 0.717) is 31.4 Å². The number of fused-ring (bicyclic) bond motifs is 2. The number of aliphatic hydroxyl groups is 1. The van der Waals surface area contributed by atoms with Crippen LogP contribution in [-0.4, -0.2) is 45.7 Å². The molecule has 0 saturated carbocycles. The highest BCUT2D eigenvalue weighted by Crippen LogP contribution is 2.37. The van der Waals surface area contributed by atoms with Gasteiger partial charge in [-0.15, -0.1) is 0 Å². The van der Waals surface area contributed by atoms with Gasteiger partial charge in [-0.3, -0.25) is 0 Å². The van der Waals surface area contributed by atoms with E-state index < -0.39 is 22.2 Å². The fourth-order valence-corrected chi connectivity index (χ4v) is 5.04. The predicted molar refractivity (Wildman–Crippen MR) is 148 cm³/mol. The number of pyridine rings is 1. The van der Waals surface area contributed by atoms with Gasteiger partial charge in [0.25, 0.3) is 0 Å². The SMILES string of the molecule is O=S(O)CCCNc1cc(CO)cc(Nc2c3ccccc3nc3ccccc23)c1CCCS(=O)O. The van der Waals surface area contributed by atoms with Crippen molar-refractivity contribution in [2.24, 2.45) is 0 Å². The Kier molecular flexibility index (Phi) is 9.00. The molecule has 5 N–H and O–H groups in total. The van der Waals surface area contributed by atoms with Crippen LogP contribution in [0.15, 0.2) is 60.7 Å². The number of nitrogens with zero attached hydrogens (tertiary/aromatic N) is 1. The van der Waals surface area contributed by atoms with Crippen molar-refractivity contribution < 1.29 is 22.6 Å². The molecular weight excluding hydrogens is 498 g/mol. The summed E-state index contributed by atoms with van der Waals surface area (Å²) < 4.78 is 40.7. The molecule has 8 nitrogen and oxygen atoms in total. The van der Waals surface area contributed by atoms with Gasteiger partial charge in [0.15, 0.2) is 22.2 Å². The molecule has 2 unspecified atom stereocenters. The molecule has 0 aliphatic rings. The summed E-state index contributed by atoms with van der Waals surface area (Å²) in [5.41, 5.74) is 5.75. The van der Waals surface area contributed by atoms with Crippen LogP contribution in [0.1, 0.15) is 24.0 Å². The molecule has 0 aliphatic carbocycles. The minimum absolute atomic E-state index is 0.144. The van der Waals surface area contributed by atoms with Crippen LogP contribution in [0.4, 0.5) is 17.1 Å². The highest BCUT2D eigenvalue weighted by molar-refractivity contribution is 7.79. The Morgan fingerprint density at radius 2 is 1.39 bits per heavy atom. The van der Waals surface area contributed by atoms with Gasteiger partial charge in [0.1, 0.15) is 0 Å². The first kappa shape index (κ1) is 26.2. The number of hydrogen-bond acceptors (Lipinski definition) is 6. The van der Waals surface area contributed by atoms with Gasteiger partial charge < -0.3 is 24.8 Å². The van der Waals surface area contributed by atoms with Crippen LogP contribution >= 0.6 is 0 Å². The van der Waals surface area contributed by atoms with Gasteiger partial charge in [0.05, 0.1) is 29.1 Å². The average Bonchev–Trinajstić information content (AvgIpc) is 2.87. The minimum atomic E-state index is -1.90. The van der Waals surface area contributed by atoms with E-state index in [1.165, 1.54) is 0 Å². The number of para-hydroxylation sites is 2. The number of benzene rings is 3. The molecule has 190 valence electrons. The Morgan fingerprint density at radius 1 is 0.806 bits per heavy atom. The van der Waals surface area contributed by atoms with Gasteiger partial charge in [0.2, 0.25) is 0 Å². The van der Waals surface area contributed by atoms with Crippen LogP contribution in [0, 0.1) is 0 Å². The maximum atomic E-state index is 11.3. The Bertz CT molecular complexity index is 1360. The summed E-state index contributed by atoms with van der Waals surface area (Å²) in [5, 5.41) is 18.8. The van der Waals surface area contributed by atoms with E-state index >= 15 is 0 Å². The van der Waals surface area contributed by atoms with E-state index in [1.54, 1.807) is 0 Å². The standard InChI is InChI=1S/C26H29N3O5S2/c30-17-18-15-24(27-12-6-14-36(33)34)19(9-5-13-35(31)32)25(16-18)29-26-20-7-1-3-10-22(20)28-23-11-4-2-8-21(23)26/h1-4,7-8,10-11,15-16,27,30H,5-6,9,12-14,17H2,(H,28,29)(H,31,32)(H,33,34). The van der Waals surface area contributed by atoms with Gasteiger partial charge in [-0.05, 0) is 54.7 Å². The molecule has 1 aromatic heterocycles. The number of aliphatic hydroxyl groups excluding tert-OH is 1. The summed E-state index contributed by atoms with van der Waals surface area (Å²) in [6, 6.07) is 19.5. The van der Waals surface area contributed by atoms with Crippen LogP contribution in [-0.2, 0) is 35.2 Å². The molecule has 4 rings (SSSR count). The van der Waals surface area contributed by atoms with Crippen molar-refractivity contribution in [3.8, 4) is 0 Å². The van der Waals surface area contributed by atoms with Crippen molar-refractivity contribution in [2.75, 3.05) is 28.7 Å². The summed E-state index contributed by atoms with van der Waals surface area (Å²) >= 11 is -3.76. The van der Waals surface area contributed by atoms with E-state index in [1.807, 2.05) is 60.7 Å². The smallest absolute Gasteiger partial charge is 0.152 e. The van der Waals surface area contributed by atoms with E-state index in [9.17, 15) is 18.1 Å². The lowest BCUT2D eigenvalue weighted by molar-refractivity contribution is 0.282. The summed E-state index contributed by atoms with van der Waals surface area (Å²) in [4.78, 5) is 4.79. The number of rotatable bonds is 12. The topological polar surface area (TPSA) is 132 Å². The lowest BCUT2D eigenvalue weighted by Gasteiger charge is -2.21. The van der Waals surface area contributed by atoms with Crippen LogP contribution in [0.5, 0.6) is 0 Å². The first-order valence-corrected chi connectivity index (χ1v) is 14.2. The van der Waals surface area contributed by atoms with Crippen molar-refractivity contribution in [1.29, 1.82) is 0 Å². The van der Waals surface area contributed by atoms with Gasteiger partial charge in [-0.25, -0.2) is 13.4 Å². The summed E-state index contributed by atoms with van der Waals surface area (Å²) in [6.45, 7) is 0.309. The molecule has 1 heterocycles. The summed E-state index contributed by atoms with van der Waals surface area (Å²) in [7, 11) is 0. The molecule has 0 spiro atoms. The highest BCUT2D eigenvalue weighted by atomic mass is 32.2. The third-order valence-electron chi connectivity index (χ3n) is 5.90. The highest BCUT2D eigenvalue weighted by Gasteiger charge is 2.15. The number of nitrogens with one attached hydrogen (secondary N) is 2. The summed E-state index contributed by atoms with van der Waals surface area (Å²) in [6.07, 6.45) is 1.51. The zero-order chi connectivity index (χ0) is 25.5. The normalized spacial score (nSPS) is 13.1. The molecule has 0 bridgehead atoms. The Morgan fingerprint density at radius 3 is 2.00 bits per heavy atom. The monoisotopic (exact) mass is 527 g/mol. The van der Waals surface area contributed by atoms with E-state index in [0.717, 1.165) is 44.4 Å². The molecule has 3 aromatic carbocycles. The lowest BCUT2D eigenvalue weighted by Crippen LogP contribution is -2.11. The van der Waals surface area contributed by atoms with Crippen LogP contribution in [0.2, 0.25) is 0 Å². The Hall–Kier alpha value is -2.89. The second-order valence-electron chi connectivity index (χ2n) is 8.41. The number of anilines is 3. The van der Waals surface area contributed by atoms with Gasteiger partial charge in [-0.2, -0.15) is 0 Å². The fourth-order valence-electron chi connectivity index (χ4n) is 4.26. The fraction of sp³-hybridized carbons (Fsp3) is 0.269. The predicted octanol–water partition coefficient (Wildman–Crippen LogP) is 4.80. The largest absolute Gasteiger partial charge is 0.392 e. The number of hydrogen-bond donors (Lipinski definition) is 5. The maximum Gasteiger partial charge on any atom is 0.152 e. The molecule has 0 aliphatic heterocycles. The zero-order valence-electron chi connectivity index (χ0n) is 19.6. The van der Waals surface area contributed by atoms with E-state index in [4.69, 9.17) is 9.54 Å². The Labute approximate surface area is 214 Å². The van der Waals surface area contributed by atoms with Crippen LogP contribution in [0.3, 0.4) is 0 Å². The quantitative estimate of drug-likeness (QED) is 0.101. The molecule has 4 aromatic rings. The molecular formula is C26H29N3O5S2. The van der Waals surface area contributed by atoms with Gasteiger partial charge in [0, 0.05) is 34.4 Å². The molecule has 0 radical (unpaired) electrons. The molecule has 10 heteroatoms. The first-order chi connectivity index (χ1) is 17.5. The second kappa shape index (κ2) is 12.4. The molecule has 0 fully saturated rings. The van der Waals surface area contributed by atoms with Gasteiger partial charge >= 0.3 is 0 Å². The van der Waals surface area contributed by atoms with Gasteiger partial charge in [-0.1, -0.05) is 36.4 Å². The third-order valence-corrected chi connectivity index (χ3v) is 7.17. The van der Waals surface area contributed by atoms with Crippen molar-refractivity contribution in [1.82, 2.24) is 4.98 Å². The zero-order valence-corrected chi connectivity index (χ0v) is 21.3. The van der Waals surface area contributed by atoms with Crippen molar-refractivity contribution in [3.63, 3.8) is 0 Å². The van der Waals surface area contributed by atoms with Crippen molar-refractivity contribution in [3.05, 3.63) is 71.8 Å². The molecule has 0 amide bonds. The molecule has 0 saturated heterocycles. The Balaban J connectivity index is 1.80.